The van der Waals surface area contributed by atoms with Crippen molar-refractivity contribution < 1.29 is 23.9 Å². The van der Waals surface area contributed by atoms with Crippen LogP contribution in [0.15, 0.2) is 84.0 Å². The van der Waals surface area contributed by atoms with Gasteiger partial charge in [0.1, 0.15) is 5.75 Å². The van der Waals surface area contributed by atoms with Gasteiger partial charge < -0.3 is 19.6 Å². The van der Waals surface area contributed by atoms with Gasteiger partial charge in [0.2, 0.25) is 6.61 Å². The first kappa shape index (κ1) is 21.6. The normalized spacial score (nSPS) is 10.5. The second-order valence-corrected chi connectivity index (χ2v) is 6.43. The number of hydrogen-bond donors (Lipinski definition) is 1. The number of carbonyl (C=O) groups is 2. The lowest BCUT2D eigenvalue weighted by Gasteiger charge is -2.07. The van der Waals surface area contributed by atoms with Crippen LogP contribution in [-0.2, 0) is 19.2 Å². The molecule has 0 atom stereocenters. The van der Waals surface area contributed by atoms with Gasteiger partial charge >= 0.3 is 5.97 Å². The standard InChI is InChI=1S/C24H22N2O5/c1-29-22-13-7-18(8-14-22)15-25-31-17-24(28)30-16-23(27)26-21-11-9-20(10-12-21)19-5-3-2-4-6-19/h2-15H,16-17H2,1H3,(H,26,27)/b25-15-. The van der Waals surface area contributed by atoms with Crippen LogP contribution in [0.25, 0.3) is 11.1 Å². The number of esters is 1. The number of benzene rings is 3. The molecule has 1 N–H and O–H groups in total. The summed E-state index contributed by atoms with van der Waals surface area (Å²) in [6.07, 6.45) is 1.46. The van der Waals surface area contributed by atoms with Gasteiger partial charge in [0, 0.05) is 5.69 Å². The van der Waals surface area contributed by atoms with Crippen LogP contribution in [0, 0.1) is 0 Å². The molecule has 0 saturated heterocycles. The summed E-state index contributed by atoms with van der Waals surface area (Å²) in [5.74, 6) is -0.406. The fourth-order valence-electron chi connectivity index (χ4n) is 2.64. The minimum absolute atomic E-state index is 0.397. The molecule has 3 aromatic rings. The van der Waals surface area contributed by atoms with E-state index >= 15 is 0 Å². The van der Waals surface area contributed by atoms with Gasteiger partial charge in [0.25, 0.3) is 5.91 Å². The summed E-state index contributed by atoms with van der Waals surface area (Å²) >= 11 is 0. The number of nitrogens with zero attached hydrogens (tertiary/aromatic N) is 1. The molecule has 1 amide bonds. The third-order valence-electron chi connectivity index (χ3n) is 4.21. The largest absolute Gasteiger partial charge is 0.497 e. The third kappa shape index (κ3) is 7.01. The number of hydrogen-bond acceptors (Lipinski definition) is 6. The molecule has 3 rings (SSSR count). The minimum atomic E-state index is -0.693. The molecule has 0 saturated carbocycles. The molecule has 0 bridgehead atoms. The van der Waals surface area contributed by atoms with Gasteiger partial charge in [-0.25, -0.2) is 4.79 Å². The Morgan fingerprint density at radius 2 is 1.55 bits per heavy atom. The molecule has 0 spiro atoms. The first-order valence-electron chi connectivity index (χ1n) is 9.54. The molecular weight excluding hydrogens is 396 g/mol. The molecule has 7 nitrogen and oxygen atoms in total. The van der Waals surface area contributed by atoms with E-state index in [9.17, 15) is 9.59 Å². The van der Waals surface area contributed by atoms with Crippen LogP contribution in [0.2, 0.25) is 0 Å². The maximum absolute atomic E-state index is 12.0. The number of carbonyl (C=O) groups excluding carboxylic acids is 2. The van der Waals surface area contributed by atoms with Crippen molar-refractivity contribution in [3.05, 3.63) is 84.4 Å². The van der Waals surface area contributed by atoms with Crippen LogP contribution in [0.5, 0.6) is 5.75 Å². The average molecular weight is 418 g/mol. The predicted molar refractivity (Wildman–Crippen MR) is 118 cm³/mol. The highest BCUT2D eigenvalue weighted by molar-refractivity contribution is 5.93. The molecular formula is C24H22N2O5. The van der Waals surface area contributed by atoms with E-state index in [2.05, 4.69) is 10.5 Å². The SMILES string of the molecule is COc1ccc(/C=N\OCC(=O)OCC(=O)Nc2ccc(-c3ccccc3)cc2)cc1. The fourth-order valence-corrected chi connectivity index (χ4v) is 2.64. The first-order valence-corrected chi connectivity index (χ1v) is 9.54. The number of oxime groups is 1. The Balaban J connectivity index is 1.37. The maximum Gasteiger partial charge on any atom is 0.347 e. The maximum atomic E-state index is 12.0. The zero-order valence-corrected chi connectivity index (χ0v) is 17.0. The number of rotatable bonds is 9. The molecule has 0 aliphatic heterocycles. The van der Waals surface area contributed by atoms with Gasteiger partial charge in [-0.3, -0.25) is 4.79 Å². The third-order valence-corrected chi connectivity index (χ3v) is 4.21. The van der Waals surface area contributed by atoms with Crippen LogP contribution >= 0.6 is 0 Å². The summed E-state index contributed by atoms with van der Waals surface area (Å²) in [7, 11) is 1.58. The molecule has 158 valence electrons. The van der Waals surface area contributed by atoms with Crippen molar-refractivity contribution in [1.82, 2.24) is 0 Å². The van der Waals surface area contributed by atoms with Crippen molar-refractivity contribution in [2.75, 3.05) is 25.6 Å². The van der Waals surface area contributed by atoms with Gasteiger partial charge in [0.15, 0.2) is 6.61 Å². The quantitative estimate of drug-likeness (QED) is 0.324. The van der Waals surface area contributed by atoms with E-state index in [-0.39, 0.29) is 0 Å². The summed E-state index contributed by atoms with van der Waals surface area (Å²) < 4.78 is 9.95. The van der Waals surface area contributed by atoms with Gasteiger partial charge in [-0.15, -0.1) is 0 Å². The number of ether oxygens (including phenoxy) is 2. The van der Waals surface area contributed by atoms with Gasteiger partial charge in [-0.05, 0) is 53.1 Å². The Morgan fingerprint density at radius 3 is 2.23 bits per heavy atom. The molecule has 3 aromatic carbocycles. The highest BCUT2D eigenvalue weighted by Crippen LogP contribution is 2.20. The smallest absolute Gasteiger partial charge is 0.347 e. The Labute approximate surface area is 180 Å². The zero-order valence-electron chi connectivity index (χ0n) is 17.0. The van der Waals surface area contributed by atoms with Crippen molar-refractivity contribution in [3.63, 3.8) is 0 Å². The summed E-state index contributed by atoms with van der Waals surface area (Å²) in [5, 5.41) is 6.38. The lowest BCUT2D eigenvalue weighted by atomic mass is 10.1. The van der Waals surface area contributed by atoms with Crippen LogP contribution in [0.3, 0.4) is 0 Å². The van der Waals surface area contributed by atoms with Crippen molar-refractivity contribution in [1.29, 1.82) is 0 Å². The molecule has 0 fully saturated rings. The number of anilines is 1. The lowest BCUT2D eigenvalue weighted by Crippen LogP contribution is -2.22. The molecule has 0 heterocycles. The van der Waals surface area contributed by atoms with Crippen LogP contribution < -0.4 is 10.1 Å². The zero-order chi connectivity index (χ0) is 21.9. The molecule has 7 heteroatoms. The lowest BCUT2D eigenvalue weighted by molar-refractivity contribution is -0.151. The van der Waals surface area contributed by atoms with Crippen molar-refractivity contribution in [2.45, 2.75) is 0 Å². The molecule has 0 aromatic heterocycles. The number of amides is 1. The number of methoxy groups -OCH3 is 1. The van der Waals surface area contributed by atoms with Gasteiger partial charge in [-0.1, -0.05) is 47.6 Å². The molecule has 0 aliphatic carbocycles. The van der Waals surface area contributed by atoms with E-state index in [1.54, 1.807) is 43.5 Å². The van der Waals surface area contributed by atoms with E-state index in [0.717, 1.165) is 22.4 Å². The topological polar surface area (TPSA) is 86.2 Å². The molecule has 0 aliphatic rings. The van der Waals surface area contributed by atoms with Crippen LogP contribution in [0.1, 0.15) is 5.56 Å². The van der Waals surface area contributed by atoms with E-state index in [1.165, 1.54) is 6.21 Å². The van der Waals surface area contributed by atoms with Crippen LogP contribution in [0.4, 0.5) is 5.69 Å². The summed E-state index contributed by atoms with van der Waals surface area (Å²) in [4.78, 5) is 28.5. The Hall–Kier alpha value is -4.13. The van der Waals surface area contributed by atoms with Crippen molar-refractivity contribution in [2.24, 2.45) is 5.16 Å². The highest BCUT2D eigenvalue weighted by atomic mass is 16.7. The van der Waals surface area contributed by atoms with E-state index in [1.807, 2.05) is 42.5 Å². The molecule has 0 radical (unpaired) electrons. The second kappa shape index (κ2) is 11.2. The summed E-state index contributed by atoms with van der Waals surface area (Å²) in [6, 6.07) is 24.5. The predicted octanol–water partition coefficient (Wildman–Crippen LogP) is 3.89. The van der Waals surface area contributed by atoms with Crippen molar-refractivity contribution in [3.8, 4) is 16.9 Å². The molecule has 0 unspecified atom stereocenters. The second-order valence-electron chi connectivity index (χ2n) is 6.43. The van der Waals surface area contributed by atoms with Crippen LogP contribution in [-0.4, -0.2) is 38.4 Å². The number of nitrogens with one attached hydrogen (secondary N) is 1. The fraction of sp³-hybridized carbons (Fsp3) is 0.125. The van der Waals surface area contributed by atoms with E-state index < -0.39 is 25.1 Å². The van der Waals surface area contributed by atoms with Gasteiger partial charge in [0.05, 0.1) is 13.3 Å². The Bertz CT molecular complexity index is 1020. The van der Waals surface area contributed by atoms with E-state index in [0.29, 0.717) is 5.69 Å². The Kier molecular flexibility index (Phi) is 7.77. The monoisotopic (exact) mass is 418 g/mol. The summed E-state index contributed by atoms with van der Waals surface area (Å²) in [6.45, 7) is -0.809. The molecule has 31 heavy (non-hydrogen) atoms. The summed E-state index contributed by atoms with van der Waals surface area (Å²) in [5.41, 5.74) is 3.52. The van der Waals surface area contributed by atoms with Crippen molar-refractivity contribution >= 4 is 23.8 Å². The first-order chi connectivity index (χ1) is 15.1. The average Bonchev–Trinajstić information content (AvgIpc) is 2.82. The highest BCUT2D eigenvalue weighted by Gasteiger charge is 2.08. The van der Waals surface area contributed by atoms with E-state index in [4.69, 9.17) is 14.3 Å². The van der Waals surface area contributed by atoms with Gasteiger partial charge in [-0.2, -0.15) is 0 Å². The Morgan fingerprint density at radius 1 is 0.871 bits per heavy atom. The minimum Gasteiger partial charge on any atom is -0.497 e.